The molecular weight excluding hydrogens is 370 g/mol. The molecule has 0 spiro atoms. The number of imide groups is 1. The van der Waals surface area contributed by atoms with Crippen LogP contribution >= 0.6 is 0 Å². The van der Waals surface area contributed by atoms with E-state index in [-0.39, 0.29) is 30.9 Å². The van der Waals surface area contributed by atoms with Crippen LogP contribution < -0.4 is 0 Å². The van der Waals surface area contributed by atoms with E-state index in [2.05, 4.69) is 0 Å². The minimum absolute atomic E-state index is 0.00475. The van der Waals surface area contributed by atoms with Crippen LogP contribution in [0.4, 0.5) is 0 Å². The van der Waals surface area contributed by atoms with E-state index in [1.54, 1.807) is 14.2 Å². The summed E-state index contributed by atoms with van der Waals surface area (Å²) in [5.74, 6) is -1.86. The van der Waals surface area contributed by atoms with Crippen molar-refractivity contribution in [3.8, 4) is 0 Å². The van der Waals surface area contributed by atoms with E-state index in [9.17, 15) is 14.7 Å². The fourth-order valence-corrected chi connectivity index (χ4v) is 6.08. The van der Waals surface area contributed by atoms with Crippen LogP contribution in [-0.4, -0.2) is 55.5 Å². The molecular formula is C23H23NO5. The molecule has 3 aliphatic carbocycles. The van der Waals surface area contributed by atoms with E-state index in [0.717, 1.165) is 22.3 Å². The normalized spacial score (nSPS) is 29.2. The van der Waals surface area contributed by atoms with E-state index >= 15 is 0 Å². The van der Waals surface area contributed by atoms with Gasteiger partial charge >= 0.3 is 0 Å². The molecule has 29 heavy (non-hydrogen) atoms. The summed E-state index contributed by atoms with van der Waals surface area (Å²) in [6.07, 6.45) is -0.746. The number of methoxy groups -OCH3 is 2. The Morgan fingerprint density at radius 1 is 0.966 bits per heavy atom. The Kier molecular flexibility index (Phi) is 4.13. The molecule has 2 aromatic carbocycles. The maximum absolute atomic E-state index is 13.6. The highest BCUT2D eigenvalue weighted by atomic mass is 16.7. The Morgan fingerprint density at radius 2 is 1.52 bits per heavy atom. The first-order valence-electron chi connectivity index (χ1n) is 9.83. The molecule has 2 amide bonds. The van der Waals surface area contributed by atoms with Gasteiger partial charge in [-0.05, 0) is 22.3 Å². The molecule has 4 aliphatic rings. The van der Waals surface area contributed by atoms with E-state index < -0.39 is 23.5 Å². The molecule has 2 atom stereocenters. The maximum atomic E-state index is 13.6. The average molecular weight is 393 g/mol. The Hall–Kier alpha value is -2.54. The number of carbonyl (C=O) groups excluding carboxylic acids is 2. The fraction of sp³-hybridized carbons (Fsp3) is 0.391. The van der Waals surface area contributed by atoms with Crippen LogP contribution in [0.15, 0.2) is 48.5 Å². The number of amides is 2. The van der Waals surface area contributed by atoms with Crippen molar-refractivity contribution in [2.45, 2.75) is 17.6 Å². The smallest absolute Gasteiger partial charge is 0.234 e. The third-order valence-corrected chi connectivity index (χ3v) is 6.90. The van der Waals surface area contributed by atoms with Gasteiger partial charge in [0.25, 0.3) is 0 Å². The lowest BCUT2D eigenvalue weighted by atomic mass is 9.47. The van der Waals surface area contributed by atoms with Crippen LogP contribution in [0.25, 0.3) is 0 Å². The summed E-state index contributed by atoms with van der Waals surface area (Å²) >= 11 is 0. The Labute approximate surface area is 169 Å². The van der Waals surface area contributed by atoms with Crippen LogP contribution in [0.3, 0.4) is 0 Å². The molecule has 0 saturated carbocycles. The number of benzene rings is 2. The highest BCUT2D eigenvalue weighted by molar-refractivity contribution is 6.08. The standard InChI is InChI=1S/C23H23NO5/c1-28-22(29-2)23-15-9-5-3-7-13(15)17(14-8-4-6-10-16(14)23)18-19(23)21(27)24(11-12-25)20(18)26/h3-10,17-19,22,25H,11-12H2,1-2H3/t17?,18-,19+,23?/m1/s1. The molecule has 0 unspecified atom stereocenters. The minimum Gasteiger partial charge on any atom is -0.395 e. The monoisotopic (exact) mass is 393 g/mol. The van der Waals surface area contributed by atoms with Crippen LogP contribution in [0.2, 0.25) is 0 Å². The van der Waals surface area contributed by atoms with Crippen LogP contribution in [0, 0.1) is 11.8 Å². The number of aliphatic hydroxyl groups excluding tert-OH is 1. The second-order valence-corrected chi connectivity index (χ2v) is 7.88. The quantitative estimate of drug-likeness (QED) is 0.618. The number of aliphatic hydroxyl groups is 1. The van der Waals surface area contributed by atoms with E-state index in [4.69, 9.17) is 9.47 Å². The summed E-state index contributed by atoms with van der Waals surface area (Å²) in [4.78, 5) is 28.2. The summed E-state index contributed by atoms with van der Waals surface area (Å²) < 4.78 is 11.6. The number of hydrogen-bond donors (Lipinski definition) is 1. The van der Waals surface area contributed by atoms with Crippen molar-refractivity contribution in [2.75, 3.05) is 27.4 Å². The predicted octanol–water partition coefficient (Wildman–Crippen LogP) is 1.64. The molecule has 6 nitrogen and oxygen atoms in total. The number of nitrogens with zero attached hydrogens (tertiary/aromatic N) is 1. The van der Waals surface area contributed by atoms with Gasteiger partial charge in [0.2, 0.25) is 11.8 Å². The molecule has 6 rings (SSSR count). The summed E-state index contributed by atoms with van der Waals surface area (Å²) in [6.45, 7) is -0.253. The number of hydrogen-bond acceptors (Lipinski definition) is 5. The van der Waals surface area contributed by atoms with Crippen molar-refractivity contribution in [3.63, 3.8) is 0 Å². The largest absolute Gasteiger partial charge is 0.395 e. The highest BCUT2D eigenvalue weighted by Crippen LogP contribution is 2.65. The molecule has 1 aliphatic heterocycles. The first-order valence-corrected chi connectivity index (χ1v) is 9.83. The molecule has 1 heterocycles. The molecule has 2 bridgehead atoms. The molecule has 2 aromatic rings. The van der Waals surface area contributed by atoms with Gasteiger partial charge in [-0.3, -0.25) is 14.5 Å². The van der Waals surface area contributed by atoms with E-state index in [1.807, 2.05) is 48.5 Å². The third kappa shape index (κ3) is 2.06. The number of ether oxygens (including phenoxy) is 2. The van der Waals surface area contributed by atoms with Gasteiger partial charge in [-0.2, -0.15) is 0 Å². The zero-order chi connectivity index (χ0) is 20.3. The first kappa shape index (κ1) is 18.5. The second kappa shape index (κ2) is 6.49. The van der Waals surface area contributed by atoms with Gasteiger partial charge in [-0.15, -0.1) is 0 Å². The first-order chi connectivity index (χ1) is 14.1. The molecule has 1 saturated heterocycles. The Bertz CT molecular complexity index is 951. The molecule has 0 aromatic heterocycles. The van der Waals surface area contributed by atoms with Crippen molar-refractivity contribution in [2.24, 2.45) is 11.8 Å². The number of β-amino-alcohol motifs (C(OH)–C–C–N with tert-alkyl or cyclic N) is 1. The van der Waals surface area contributed by atoms with E-state index in [0.29, 0.717) is 0 Å². The summed E-state index contributed by atoms with van der Waals surface area (Å²) in [5.41, 5.74) is 3.10. The summed E-state index contributed by atoms with van der Waals surface area (Å²) in [6, 6.07) is 15.9. The molecule has 150 valence electrons. The van der Waals surface area contributed by atoms with Gasteiger partial charge in [0.15, 0.2) is 6.29 Å². The topological polar surface area (TPSA) is 76.1 Å². The van der Waals surface area contributed by atoms with Gasteiger partial charge in [0.1, 0.15) is 0 Å². The van der Waals surface area contributed by atoms with Crippen LogP contribution in [0.1, 0.15) is 28.2 Å². The van der Waals surface area contributed by atoms with E-state index in [1.165, 1.54) is 4.90 Å². The molecule has 0 radical (unpaired) electrons. The number of rotatable bonds is 5. The molecule has 6 heteroatoms. The van der Waals surface area contributed by atoms with Gasteiger partial charge in [0.05, 0.1) is 30.4 Å². The zero-order valence-corrected chi connectivity index (χ0v) is 16.4. The van der Waals surface area contributed by atoms with Gasteiger partial charge in [-0.1, -0.05) is 48.5 Å². The van der Waals surface area contributed by atoms with Crippen molar-refractivity contribution in [1.29, 1.82) is 0 Å². The average Bonchev–Trinajstić information content (AvgIpc) is 3.01. The van der Waals surface area contributed by atoms with Crippen LogP contribution in [-0.2, 0) is 24.5 Å². The zero-order valence-electron chi connectivity index (χ0n) is 16.4. The molecule has 1 N–H and O–H groups in total. The summed E-state index contributed by atoms with van der Waals surface area (Å²) in [7, 11) is 3.13. The van der Waals surface area contributed by atoms with Crippen molar-refractivity contribution in [3.05, 3.63) is 70.8 Å². The lowest BCUT2D eigenvalue weighted by Crippen LogP contribution is -2.60. The van der Waals surface area contributed by atoms with Crippen molar-refractivity contribution < 1.29 is 24.2 Å². The number of carbonyl (C=O) groups is 2. The number of likely N-dealkylation sites (tertiary alicyclic amines) is 1. The van der Waals surface area contributed by atoms with Crippen molar-refractivity contribution in [1.82, 2.24) is 4.90 Å². The van der Waals surface area contributed by atoms with Gasteiger partial charge in [0, 0.05) is 20.1 Å². The predicted molar refractivity (Wildman–Crippen MR) is 104 cm³/mol. The van der Waals surface area contributed by atoms with Gasteiger partial charge in [-0.25, -0.2) is 0 Å². The SMILES string of the molecule is COC(OC)C12c3ccccc3C(c3ccccc31)[C@H]1C(=O)N(CCO)C(=O)[C@H]12. The third-order valence-electron chi connectivity index (χ3n) is 6.90. The lowest BCUT2D eigenvalue weighted by Gasteiger charge is -2.56. The summed E-state index contributed by atoms with van der Waals surface area (Å²) in [5, 5.41) is 9.46. The van der Waals surface area contributed by atoms with Gasteiger partial charge < -0.3 is 14.6 Å². The van der Waals surface area contributed by atoms with Crippen LogP contribution in [0.5, 0.6) is 0 Å². The molecule has 1 fully saturated rings. The fourth-order valence-electron chi connectivity index (χ4n) is 6.08. The Morgan fingerprint density at radius 3 is 2.03 bits per heavy atom. The van der Waals surface area contributed by atoms with Crippen molar-refractivity contribution >= 4 is 11.8 Å². The lowest BCUT2D eigenvalue weighted by molar-refractivity contribution is -0.169. The minimum atomic E-state index is -0.937. The maximum Gasteiger partial charge on any atom is 0.234 e. The highest BCUT2D eigenvalue weighted by Gasteiger charge is 2.70. The second-order valence-electron chi connectivity index (χ2n) is 7.88. The Balaban J connectivity index is 1.89.